The number of rotatable bonds is 2. The van der Waals surface area contributed by atoms with Crippen LogP contribution in [0.2, 0.25) is 0 Å². The molecule has 4 bridgehead atoms. The summed E-state index contributed by atoms with van der Waals surface area (Å²) in [4.78, 5) is 12.6. The molecule has 4 atom stereocenters. The third-order valence-corrected chi connectivity index (χ3v) is 6.35. The summed E-state index contributed by atoms with van der Waals surface area (Å²) in [5, 5.41) is 0. The normalized spacial score (nSPS) is 43.8. The molecule has 4 aliphatic rings. The van der Waals surface area contributed by atoms with Crippen LogP contribution >= 0.6 is 0 Å². The maximum absolute atomic E-state index is 12.6. The Kier molecular flexibility index (Phi) is 2.62. The average molecular weight is 284 g/mol. The van der Waals surface area contributed by atoms with Crippen molar-refractivity contribution in [3.05, 3.63) is 35.9 Å². The molecule has 0 saturated heterocycles. The molecule has 21 heavy (non-hydrogen) atoms. The van der Waals surface area contributed by atoms with Crippen LogP contribution in [-0.2, 0) is 14.9 Å². The minimum absolute atomic E-state index is 0.0399. The minimum Gasteiger partial charge on any atom is -0.469 e. The van der Waals surface area contributed by atoms with Gasteiger partial charge in [-0.25, -0.2) is 0 Å². The van der Waals surface area contributed by atoms with Crippen molar-refractivity contribution in [2.75, 3.05) is 7.11 Å². The number of carbonyl (C=O) groups excluding carboxylic acids is 1. The first-order valence-electron chi connectivity index (χ1n) is 8.13. The van der Waals surface area contributed by atoms with E-state index in [0.29, 0.717) is 11.3 Å². The second-order valence-corrected chi connectivity index (χ2v) is 8.24. The topological polar surface area (TPSA) is 26.3 Å². The second kappa shape index (κ2) is 4.12. The van der Waals surface area contributed by atoms with Gasteiger partial charge in [-0.1, -0.05) is 37.3 Å². The number of benzene rings is 1. The van der Waals surface area contributed by atoms with Gasteiger partial charge in [-0.2, -0.15) is 0 Å². The zero-order valence-corrected chi connectivity index (χ0v) is 13.0. The third-order valence-electron chi connectivity index (χ3n) is 6.35. The van der Waals surface area contributed by atoms with Crippen LogP contribution < -0.4 is 0 Å². The summed E-state index contributed by atoms with van der Waals surface area (Å²) >= 11 is 0. The highest BCUT2D eigenvalue weighted by molar-refractivity contribution is 5.78. The Balaban J connectivity index is 1.82. The molecule has 0 aromatic heterocycles. The molecule has 0 heterocycles. The summed E-state index contributed by atoms with van der Waals surface area (Å²) in [6.07, 6.45) is 6.84. The number of methoxy groups -OCH3 is 1. The summed E-state index contributed by atoms with van der Waals surface area (Å²) < 4.78 is 5.22. The largest absolute Gasteiger partial charge is 0.469 e. The average Bonchev–Trinajstić information content (AvgIpc) is 2.45. The highest BCUT2D eigenvalue weighted by Crippen LogP contribution is 2.70. The molecule has 2 nitrogen and oxygen atoms in total. The molecule has 4 aliphatic carbocycles. The van der Waals surface area contributed by atoms with Crippen molar-refractivity contribution in [1.29, 1.82) is 0 Å². The first-order chi connectivity index (χ1) is 9.99. The number of hydrogen-bond donors (Lipinski definition) is 0. The second-order valence-electron chi connectivity index (χ2n) is 8.24. The monoisotopic (exact) mass is 284 g/mol. The Hall–Kier alpha value is -1.31. The molecule has 5 rings (SSSR count). The quantitative estimate of drug-likeness (QED) is 0.765. The minimum atomic E-state index is -0.223. The van der Waals surface area contributed by atoms with E-state index in [1.807, 2.05) is 0 Å². The number of hydrogen-bond acceptors (Lipinski definition) is 2. The molecule has 0 aliphatic heterocycles. The molecular formula is C19H24O2. The Morgan fingerprint density at radius 2 is 1.86 bits per heavy atom. The molecule has 0 radical (unpaired) electrons. The van der Waals surface area contributed by atoms with E-state index in [9.17, 15) is 4.79 Å². The van der Waals surface area contributed by atoms with E-state index < -0.39 is 0 Å². The van der Waals surface area contributed by atoms with Gasteiger partial charge in [0.2, 0.25) is 0 Å². The molecule has 1 aromatic carbocycles. The van der Waals surface area contributed by atoms with Crippen LogP contribution in [0.5, 0.6) is 0 Å². The van der Waals surface area contributed by atoms with E-state index in [2.05, 4.69) is 37.3 Å². The lowest BCUT2D eigenvalue weighted by molar-refractivity contribution is -0.180. The van der Waals surface area contributed by atoms with Gasteiger partial charge in [0.05, 0.1) is 12.5 Å². The summed E-state index contributed by atoms with van der Waals surface area (Å²) in [6.45, 7) is 2.40. The first kappa shape index (κ1) is 13.4. The van der Waals surface area contributed by atoms with Gasteiger partial charge in [-0.15, -0.1) is 0 Å². The lowest BCUT2D eigenvalue weighted by Gasteiger charge is -2.65. The van der Waals surface area contributed by atoms with Crippen LogP contribution in [0.4, 0.5) is 0 Å². The maximum Gasteiger partial charge on any atom is 0.311 e. The Morgan fingerprint density at radius 1 is 1.10 bits per heavy atom. The van der Waals surface area contributed by atoms with Gasteiger partial charge in [0.25, 0.3) is 0 Å². The molecule has 0 N–H and O–H groups in total. The number of esters is 1. The van der Waals surface area contributed by atoms with Crippen molar-refractivity contribution >= 4 is 5.97 Å². The third kappa shape index (κ3) is 1.81. The number of ether oxygens (including phenoxy) is 1. The van der Waals surface area contributed by atoms with E-state index in [0.717, 1.165) is 19.3 Å². The molecule has 0 spiro atoms. The summed E-state index contributed by atoms with van der Waals surface area (Å²) in [6, 6.07) is 10.9. The van der Waals surface area contributed by atoms with Crippen molar-refractivity contribution < 1.29 is 9.53 Å². The molecule has 4 unspecified atom stereocenters. The standard InChI is InChI=1S/C19H24O2/c1-17-8-14-9-18(11-17,15-6-4-3-5-7-15)13-19(10-14,12-17)16(20)21-2/h3-7,14H,8-13H2,1-2H3. The summed E-state index contributed by atoms with van der Waals surface area (Å²) in [7, 11) is 1.55. The maximum atomic E-state index is 12.6. The molecule has 4 saturated carbocycles. The van der Waals surface area contributed by atoms with E-state index >= 15 is 0 Å². The lowest BCUT2D eigenvalue weighted by atomic mass is 9.39. The van der Waals surface area contributed by atoms with Crippen molar-refractivity contribution in [2.45, 2.75) is 50.9 Å². The van der Waals surface area contributed by atoms with Crippen LogP contribution in [0.1, 0.15) is 51.0 Å². The molecule has 4 fully saturated rings. The fourth-order valence-electron chi connectivity index (χ4n) is 6.48. The first-order valence-corrected chi connectivity index (χ1v) is 8.13. The van der Waals surface area contributed by atoms with Crippen LogP contribution in [0.3, 0.4) is 0 Å². The number of carbonyl (C=O) groups is 1. The van der Waals surface area contributed by atoms with Crippen LogP contribution in [-0.4, -0.2) is 13.1 Å². The molecular weight excluding hydrogens is 260 g/mol. The van der Waals surface area contributed by atoms with E-state index in [-0.39, 0.29) is 16.8 Å². The fourth-order valence-corrected chi connectivity index (χ4v) is 6.48. The smallest absolute Gasteiger partial charge is 0.311 e. The van der Waals surface area contributed by atoms with Crippen molar-refractivity contribution in [1.82, 2.24) is 0 Å². The van der Waals surface area contributed by atoms with E-state index in [1.165, 1.54) is 24.8 Å². The van der Waals surface area contributed by atoms with Gasteiger partial charge in [0.15, 0.2) is 0 Å². The van der Waals surface area contributed by atoms with Crippen molar-refractivity contribution in [3.63, 3.8) is 0 Å². The van der Waals surface area contributed by atoms with Gasteiger partial charge < -0.3 is 4.74 Å². The Labute approximate surface area is 126 Å². The summed E-state index contributed by atoms with van der Waals surface area (Å²) in [5.74, 6) is 0.726. The molecule has 2 heteroatoms. The van der Waals surface area contributed by atoms with Crippen LogP contribution in [0.15, 0.2) is 30.3 Å². The van der Waals surface area contributed by atoms with Crippen molar-refractivity contribution in [3.8, 4) is 0 Å². The van der Waals surface area contributed by atoms with Crippen molar-refractivity contribution in [2.24, 2.45) is 16.7 Å². The highest BCUT2D eigenvalue weighted by atomic mass is 16.5. The Morgan fingerprint density at radius 3 is 2.52 bits per heavy atom. The molecule has 0 amide bonds. The van der Waals surface area contributed by atoms with Gasteiger partial charge in [-0.3, -0.25) is 4.79 Å². The van der Waals surface area contributed by atoms with Crippen LogP contribution in [0, 0.1) is 16.7 Å². The molecule has 1 aromatic rings. The zero-order valence-electron chi connectivity index (χ0n) is 13.0. The van der Waals surface area contributed by atoms with Gasteiger partial charge in [0.1, 0.15) is 0 Å². The fraction of sp³-hybridized carbons (Fsp3) is 0.632. The predicted octanol–water partition coefficient (Wildman–Crippen LogP) is 4.09. The van der Waals surface area contributed by atoms with E-state index in [1.54, 1.807) is 7.11 Å². The zero-order chi connectivity index (χ0) is 14.7. The lowest BCUT2D eigenvalue weighted by Crippen LogP contribution is -2.60. The van der Waals surface area contributed by atoms with Crippen LogP contribution in [0.25, 0.3) is 0 Å². The van der Waals surface area contributed by atoms with Gasteiger partial charge in [0, 0.05) is 0 Å². The van der Waals surface area contributed by atoms with Gasteiger partial charge >= 0.3 is 5.97 Å². The van der Waals surface area contributed by atoms with Gasteiger partial charge in [-0.05, 0) is 60.8 Å². The summed E-state index contributed by atoms with van der Waals surface area (Å²) in [5.41, 5.74) is 1.72. The molecule has 112 valence electrons. The highest BCUT2D eigenvalue weighted by Gasteiger charge is 2.65. The predicted molar refractivity (Wildman–Crippen MR) is 81.9 cm³/mol. The van der Waals surface area contributed by atoms with E-state index in [4.69, 9.17) is 4.74 Å². The SMILES string of the molecule is COC(=O)C12CC3CC(C)(C1)CC(c1ccccc1)(C3)C2. The Bertz CT molecular complexity index is 580.